The SMILES string of the molecule is CCC(O[C@H]1C[C@@H](OC(=O)c2ccc(NC)c(O[C@@H]3CC[C@H](O)[C@H](C)O3)c2)[C@H](OC)[C@@H](C)O1)C(C)C(O)C(C)C(O)C(C)C1OC(=O)/C=C\CC(O)CC(O)CCCCC(C)C(O)C(O)C2(O)OC(CC(OC(=O)CC(=O)O)CC(O)CCCC(O)C3OC3C1C)CC(OS(=O)(=O)O)C2O. The molecule has 0 aromatic heterocycles. The number of nitrogens with one attached hydrogen (secondary N) is 1. The lowest BCUT2D eigenvalue weighted by Crippen LogP contribution is -2.67. The van der Waals surface area contributed by atoms with E-state index >= 15 is 0 Å². The van der Waals surface area contributed by atoms with Crippen LogP contribution in [0.15, 0.2) is 30.4 Å². The number of carbonyl (C=O) groups excluding carboxylic acids is 3. The number of methoxy groups -OCH3 is 1. The number of esters is 3. The molecule has 31 nitrogen and oxygen atoms in total. The Morgan fingerprint density at radius 1 is 0.740 bits per heavy atom. The van der Waals surface area contributed by atoms with Gasteiger partial charge in [-0.25, -0.2) is 13.8 Å². The van der Waals surface area contributed by atoms with Gasteiger partial charge in [0.2, 0.25) is 5.79 Å². The van der Waals surface area contributed by atoms with Crippen LogP contribution < -0.4 is 10.1 Å². The van der Waals surface area contributed by atoms with Crippen molar-refractivity contribution in [3.05, 3.63) is 35.9 Å². The molecule has 4 saturated heterocycles. The summed E-state index contributed by atoms with van der Waals surface area (Å²) >= 11 is 0. The van der Waals surface area contributed by atoms with E-state index in [9.17, 15) is 93.4 Å². The number of aliphatic carboxylic acids is 1. The molecule has 0 amide bonds. The summed E-state index contributed by atoms with van der Waals surface area (Å²) in [6, 6.07) is 4.81. The van der Waals surface area contributed by atoms with Crippen LogP contribution in [-0.4, -0.2) is 259 Å². The number of benzene rings is 1. The molecule has 5 heterocycles. The molecule has 0 saturated carbocycles. The third kappa shape index (κ3) is 24.1. The number of carboxylic acids is 1. The van der Waals surface area contributed by atoms with Gasteiger partial charge in [-0.05, 0) is 95.8 Å². The van der Waals surface area contributed by atoms with Crippen LogP contribution in [0.25, 0.3) is 0 Å². The van der Waals surface area contributed by atoms with Crippen LogP contribution in [0, 0.1) is 29.6 Å². The predicted octanol–water partition coefficient (Wildman–Crippen LogP) is 2.48. The minimum absolute atomic E-state index is 0.00131. The van der Waals surface area contributed by atoms with Gasteiger partial charge < -0.3 is 114 Å². The normalized spacial score (nSPS) is 38.2. The maximum Gasteiger partial charge on any atom is 0.397 e. The van der Waals surface area contributed by atoms with E-state index < -0.39 is 236 Å². The molecule has 14 N–H and O–H groups in total. The Labute approximate surface area is 584 Å². The first kappa shape index (κ1) is 84.6. The number of cyclic esters (lactones) is 1. The Kier molecular flexibility index (Phi) is 32.6. The van der Waals surface area contributed by atoms with Crippen LogP contribution in [0.4, 0.5) is 5.69 Å². The van der Waals surface area contributed by atoms with Crippen LogP contribution in [0.3, 0.4) is 0 Å². The molecule has 100 heavy (non-hydrogen) atoms. The van der Waals surface area contributed by atoms with Crippen molar-refractivity contribution in [2.45, 2.75) is 311 Å². The van der Waals surface area contributed by atoms with Crippen molar-refractivity contribution in [2.75, 3.05) is 19.5 Å². The summed E-state index contributed by atoms with van der Waals surface area (Å²) in [4.78, 5) is 52.0. The third-order valence-electron chi connectivity index (χ3n) is 20.3. The zero-order valence-corrected chi connectivity index (χ0v) is 59.6. The van der Waals surface area contributed by atoms with Gasteiger partial charge in [0.15, 0.2) is 12.6 Å². The second-order valence-corrected chi connectivity index (χ2v) is 29.1. The molecule has 2 bridgehead atoms. The van der Waals surface area contributed by atoms with Crippen molar-refractivity contribution in [3.63, 3.8) is 0 Å². The summed E-state index contributed by atoms with van der Waals surface area (Å²) < 4.78 is 98.4. The third-order valence-corrected chi connectivity index (χ3v) is 20.8. The molecule has 32 heteroatoms. The average molecular weight is 1450 g/mol. The summed E-state index contributed by atoms with van der Waals surface area (Å²) in [7, 11) is -2.19. The van der Waals surface area contributed by atoms with Gasteiger partial charge in [-0.2, -0.15) is 8.42 Å². The van der Waals surface area contributed by atoms with Gasteiger partial charge in [-0.3, -0.25) is 14.1 Å². The number of aliphatic hydroxyl groups excluding tert-OH is 10. The van der Waals surface area contributed by atoms with Gasteiger partial charge in [0.05, 0.1) is 90.6 Å². The highest BCUT2D eigenvalue weighted by molar-refractivity contribution is 7.80. The van der Waals surface area contributed by atoms with Gasteiger partial charge in [-0.1, -0.05) is 60.5 Å². The fourth-order valence-electron chi connectivity index (χ4n) is 14.2. The summed E-state index contributed by atoms with van der Waals surface area (Å²) in [6.45, 7) is 13.6. The monoisotopic (exact) mass is 1450 g/mol. The molecule has 1 aromatic carbocycles. The zero-order valence-electron chi connectivity index (χ0n) is 58.7. The maximum absolute atomic E-state index is 13.9. The summed E-state index contributed by atoms with van der Waals surface area (Å²) in [6.07, 6.45) is -25.8. The number of carbonyl (C=O) groups is 4. The Morgan fingerprint density at radius 3 is 2.06 bits per heavy atom. The molecule has 22 unspecified atom stereocenters. The van der Waals surface area contributed by atoms with Crippen molar-refractivity contribution < 1.29 is 145 Å². The van der Waals surface area contributed by atoms with Crippen molar-refractivity contribution in [1.82, 2.24) is 0 Å². The number of carboxylic acid groups (broad SMARTS) is 1. The van der Waals surface area contributed by atoms with Gasteiger partial charge in [0.25, 0.3) is 0 Å². The lowest BCUT2D eigenvalue weighted by molar-refractivity contribution is -0.364. The molecule has 1 aromatic rings. The smallest absolute Gasteiger partial charge is 0.397 e. The van der Waals surface area contributed by atoms with E-state index in [1.54, 1.807) is 66.8 Å². The summed E-state index contributed by atoms with van der Waals surface area (Å²) in [5.41, 5.74) is 0.776. The van der Waals surface area contributed by atoms with E-state index in [4.69, 9.17) is 47.4 Å². The Hall–Kier alpha value is -4.37. The van der Waals surface area contributed by atoms with Crippen LogP contribution in [-0.2, 0) is 71.6 Å². The number of epoxide rings is 1. The van der Waals surface area contributed by atoms with Crippen molar-refractivity contribution in [2.24, 2.45) is 29.6 Å². The quantitative estimate of drug-likeness (QED) is 0.0293. The zero-order chi connectivity index (χ0) is 74.2. The highest BCUT2D eigenvalue weighted by atomic mass is 32.3. The molecule has 5 aliphatic heterocycles. The molecular formula is C68H111NO30S. The molecule has 6 rings (SSSR count). The van der Waals surface area contributed by atoms with Crippen LogP contribution in [0.1, 0.15) is 175 Å². The minimum Gasteiger partial charge on any atom is -0.481 e. The first-order valence-electron chi connectivity index (χ1n) is 35.0. The van der Waals surface area contributed by atoms with Crippen molar-refractivity contribution >= 4 is 40.0 Å². The fraction of sp³-hybridized carbons (Fsp3) is 0.824. The Morgan fingerprint density at radius 2 is 1.41 bits per heavy atom. The fourth-order valence-corrected chi connectivity index (χ4v) is 14.7. The van der Waals surface area contributed by atoms with Gasteiger partial charge in [0.1, 0.15) is 61.0 Å². The molecular weight excluding hydrogens is 1340 g/mol. The highest BCUT2D eigenvalue weighted by Gasteiger charge is 2.58. The topological polar surface area (TPSA) is 482 Å². The van der Waals surface area contributed by atoms with E-state index in [2.05, 4.69) is 9.50 Å². The standard InChI is InChI=1S/C68H111NO30S/c1-11-49(93-57-31-51(63(89-10)39(8)91-57)95-67(84)40-22-23-46(69-9)50(26-40)94-56-25-24-47(73)38(7)90-56)34(3)59(80)35(4)60(81)36(5)61-37(6)62-64(97-62)48(74)20-14-18-43(72)28-44(92-55(78)32-53(75)76)29-45-30-52(99-100(86,87)88)65(82)68(85,98-45)66(83)58(79)33(2)16-12-13-17-41(70)27-42(71)19-15-21-54(77)96-61/h15,21-23,26,33-39,41-45,47-49,51-52,56-66,69-74,79-83,85H,11-14,16-20,24-25,27-32H2,1-10H3,(H,75,76)(H,86,87,88)/b21-15-/t33?,34?,35?,36?,37?,38-,39+,41?,42?,43?,44?,45?,47-,48?,49?,51+,52?,56+,57-,58?,59?,60?,61?,62?,63+,64?,65?,66?,68?/m0/s1. The Balaban J connectivity index is 1.16. The van der Waals surface area contributed by atoms with E-state index in [0.717, 1.165) is 6.08 Å². The number of hydrogen-bond donors (Lipinski definition) is 14. The van der Waals surface area contributed by atoms with Crippen LogP contribution in [0.5, 0.6) is 5.75 Å². The van der Waals surface area contributed by atoms with Gasteiger partial charge >= 0.3 is 34.3 Å². The molecule has 0 aliphatic carbocycles. The number of rotatable bonds is 20. The highest BCUT2D eigenvalue weighted by Crippen LogP contribution is 2.42. The second-order valence-electron chi connectivity index (χ2n) is 28.0. The maximum atomic E-state index is 13.9. The molecule has 574 valence electrons. The molecule has 0 radical (unpaired) electrons. The number of aliphatic hydroxyl groups is 11. The van der Waals surface area contributed by atoms with E-state index in [-0.39, 0.29) is 56.9 Å². The minimum atomic E-state index is -5.37. The number of hydrogen-bond acceptors (Lipinski definition) is 29. The van der Waals surface area contributed by atoms with Crippen LogP contribution in [0.2, 0.25) is 0 Å². The summed E-state index contributed by atoms with van der Waals surface area (Å²) in [5, 5.41) is 137. The summed E-state index contributed by atoms with van der Waals surface area (Å²) in [5.74, 6) is -11.4. The van der Waals surface area contributed by atoms with Gasteiger partial charge in [-0.15, -0.1) is 0 Å². The molecule has 29 atom stereocenters. The largest absolute Gasteiger partial charge is 0.481 e. The lowest BCUT2D eigenvalue weighted by Gasteiger charge is -2.48. The Bertz CT molecular complexity index is 2880. The van der Waals surface area contributed by atoms with E-state index in [1.165, 1.54) is 20.1 Å². The number of fused-ring (bicyclic) bond motifs is 3. The van der Waals surface area contributed by atoms with Crippen molar-refractivity contribution in [1.29, 1.82) is 0 Å². The number of anilines is 1. The lowest BCUT2D eigenvalue weighted by atomic mass is 9.77. The van der Waals surface area contributed by atoms with E-state index in [1.807, 2.05) is 6.92 Å². The molecule has 4 fully saturated rings. The predicted molar refractivity (Wildman–Crippen MR) is 352 cm³/mol. The van der Waals surface area contributed by atoms with Crippen LogP contribution >= 0.6 is 0 Å². The van der Waals surface area contributed by atoms with Crippen molar-refractivity contribution in [3.8, 4) is 5.75 Å². The molecule has 5 aliphatic rings. The average Bonchev–Trinajstić information content (AvgIpc) is 1.08. The first-order valence-corrected chi connectivity index (χ1v) is 36.3. The van der Waals surface area contributed by atoms with Gasteiger partial charge in [0, 0.05) is 76.0 Å². The second kappa shape index (κ2) is 38.6. The first-order chi connectivity index (χ1) is 47.0. The molecule has 0 spiro atoms. The van der Waals surface area contributed by atoms with E-state index in [0.29, 0.717) is 43.5 Å². The number of ether oxygens (including phenoxy) is 10.